The number of phenolic OH excluding ortho intramolecular Hbond substituents is 2. The van der Waals surface area contributed by atoms with Crippen molar-refractivity contribution in [2.45, 2.75) is 45.5 Å². The van der Waals surface area contributed by atoms with Crippen LogP contribution in [0.15, 0.2) is 54.0 Å². The molecule has 1 aliphatic heterocycles. The van der Waals surface area contributed by atoms with Crippen molar-refractivity contribution in [2.24, 2.45) is 0 Å². The van der Waals surface area contributed by atoms with Crippen LogP contribution in [0.2, 0.25) is 0 Å². The lowest BCUT2D eigenvalue weighted by Gasteiger charge is -2.32. The van der Waals surface area contributed by atoms with Crippen LogP contribution in [0.25, 0.3) is 6.08 Å². The predicted octanol–water partition coefficient (Wildman–Crippen LogP) is 4.04. The number of benzene rings is 2. The van der Waals surface area contributed by atoms with Gasteiger partial charge in [0.25, 0.3) is 0 Å². The predicted molar refractivity (Wildman–Crippen MR) is 118 cm³/mol. The molecule has 3 N–H and O–H groups in total. The lowest BCUT2D eigenvalue weighted by molar-refractivity contribution is 0.00578. The quantitative estimate of drug-likeness (QED) is 0.605. The van der Waals surface area contributed by atoms with Crippen LogP contribution in [0.1, 0.15) is 38.8 Å². The van der Waals surface area contributed by atoms with Crippen LogP contribution in [0.3, 0.4) is 0 Å². The minimum absolute atomic E-state index is 0.0399. The Morgan fingerprint density at radius 3 is 2.16 bits per heavy atom. The van der Waals surface area contributed by atoms with E-state index in [1.165, 1.54) is 18.2 Å². The minimum atomic E-state index is -0.779. The van der Waals surface area contributed by atoms with Crippen molar-refractivity contribution in [1.82, 2.24) is 5.32 Å². The molecule has 0 atom stereocenters. The van der Waals surface area contributed by atoms with Crippen LogP contribution < -0.4 is 5.32 Å². The van der Waals surface area contributed by atoms with Crippen molar-refractivity contribution in [1.29, 1.82) is 0 Å². The fraction of sp³-hybridized carbons (Fsp3) is 0.348. The number of phenols is 2. The summed E-state index contributed by atoms with van der Waals surface area (Å²) in [7, 11) is -0.779. The van der Waals surface area contributed by atoms with Crippen molar-refractivity contribution in [3.8, 4) is 11.5 Å². The summed E-state index contributed by atoms with van der Waals surface area (Å²) < 4.78 is 17.5. The number of ether oxygens (including phenoxy) is 1. The maximum absolute atomic E-state index is 12.2. The summed E-state index contributed by atoms with van der Waals surface area (Å²) in [6, 6.07) is 13.8. The molecule has 0 unspecified atom stereocenters. The Balaban J connectivity index is 1.77. The first-order valence-corrected chi connectivity index (χ1v) is 10.1. The van der Waals surface area contributed by atoms with Crippen LogP contribution >= 0.6 is 0 Å². The number of carbonyl (C=O) groups excluding carboxylic acids is 1. The van der Waals surface area contributed by atoms with Gasteiger partial charge in [-0.15, -0.1) is 0 Å². The summed E-state index contributed by atoms with van der Waals surface area (Å²) in [6.07, 6.45) is 0.956. The number of hydrogen-bond acceptors (Lipinski definition) is 6. The van der Waals surface area contributed by atoms with E-state index in [4.69, 9.17) is 14.0 Å². The number of rotatable bonds is 6. The number of alkyl carbamates (subject to hydrolysis) is 1. The van der Waals surface area contributed by atoms with Crippen molar-refractivity contribution < 1.29 is 29.1 Å². The molecule has 31 heavy (non-hydrogen) atoms. The van der Waals surface area contributed by atoms with E-state index >= 15 is 0 Å². The summed E-state index contributed by atoms with van der Waals surface area (Å²) in [5, 5.41) is 23.0. The first-order valence-electron chi connectivity index (χ1n) is 10.1. The maximum atomic E-state index is 12.2. The molecule has 1 fully saturated rings. The lowest BCUT2D eigenvalue weighted by Crippen LogP contribution is -2.41. The molecule has 2 aromatic rings. The Labute approximate surface area is 182 Å². The highest BCUT2D eigenvalue weighted by Crippen LogP contribution is 2.39. The maximum Gasteiger partial charge on any atom is 0.492 e. The molecule has 0 saturated carbocycles. The summed E-state index contributed by atoms with van der Waals surface area (Å²) in [4.78, 5) is 12.2. The van der Waals surface area contributed by atoms with Crippen LogP contribution in [0.5, 0.6) is 11.5 Å². The molecule has 3 rings (SSSR count). The SMILES string of the molecule is CC1(C)OB(C(=Cc2c(O)cccc2O)CNC(=O)OCc2ccccc2)OC1(C)C. The Kier molecular flexibility index (Phi) is 6.62. The van der Waals surface area contributed by atoms with Gasteiger partial charge < -0.3 is 29.6 Å². The zero-order valence-corrected chi connectivity index (χ0v) is 18.2. The summed E-state index contributed by atoms with van der Waals surface area (Å²) in [5.41, 5.74) is 0.425. The van der Waals surface area contributed by atoms with Gasteiger partial charge in [-0.3, -0.25) is 0 Å². The van der Waals surface area contributed by atoms with E-state index in [-0.39, 0.29) is 30.2 Å². The smallest absolute Gasteiger partial charge is 0.492 e. The highest BCUT2D eigenvalue weighted by atomic mass is 16.7. The molecule has 2 aromatic carbocycles. The largest absolute Gasteiger partial charge is 0.507 e. The van der Waals surface area contributed by atoms with Gasteiger partial charge in [0.2, 0.25) is 0 Å². The standard InChI is InChI=1S/C23H28BNO6/c1-22(2)23(3,4)31-24(30-22)17(13-18-19(26)11-8-12-20(18)27)14-25-21(28)29-15-16-9-6-5-7-10-16/h5-13,26-27H,14-15H2,1-4H3,(H,25,28). The normalized spacial score (nSPS) is 17.4. The van der Waals surface area contributed by atoms with Gasteiger partial charge in [0.05, 0.1) is 16.8 Å². The van der Waals surface area contributed by atoms with E-state index in [1.54, 1.807) is 6.08 Å². The van der Waals surface area contributed by atoms with Crippen molar-refractivity contribution in [3.05, 3.63) is 65.1 Å². The average molecular weight is 425 g/mol. The number of nitrogens with one attached hydrogen (secondary N) is 1. The summed E-state index contributed by atoms with van der Waals surface area (Å²) in [5.74, 6) is -0.193. The summed E-state index contributed by atoms with van der Waals surface area (Å²) >= 11 is 0. The topological polar surface area (TPSA) is 97.2 Å². The van der Waals surface area contributed by atoms with Crippen molar-refractivity contribution >= 4 is 19.3 Å². The highest BCUT2D eigenvalue weighted by molar-refractivity contribution is 6.56. The van der Waals surface area contributed by atoms with Crippen molar-refractivity contribution in [3.63, 3.8) is 0 Å². The van der Waals surface area contributed by atoms with Gasteiger partial charge in [0.1, 0.15) is 18.1 Å². The number of carbonyl (C=O) groups is 1. The Bertz CT molecular complexity index is 922. The summed E-state index contributed by atoms with van der Waals surface area (Å²) in [6.45, 7) is 7.86. The molecule has 1 saturated heterocycles. The minimum Gasteiger partial charge on any atom is -0.507 e. The molecular formula is C23H28BNO6. The zero-order valence-electron chi connectivity index (χ0n) is 18.2. The molecular weight excluding hydrogens is 397 g/mol. The Morgan fingerprint density at radius 2 is 1.58 bits per heavy atom. The molecule has 1 heterocycles. The highest BCUT2D eigenvalue weighted by Gasteiger charge is 2.52. The van der Waals surface area contributed by atoms with Gasteiger partial charge in [-0.25, -0.2) is 4.79 Å². The first kappa shape index (κ1) is 22.7. The molecule has 8 heteroatoms. The molecule has 0 aromatic heterocycles. The molecule has 7 nitrogen and oxygen atoms in total. The van der Waals surface area contributed by atoms with E-state index in [0.29, 0.717) is 5.47 Å². The van der Waals surface area contributed by atoms with Crippen LogP contribution in [-0.4, -0.2) is 41.2 Å². The second-order valence-electron chi connectivity index (χ2n) is 8.43. The molecule has 0 aliphatic carbocycles. The number of hydrogen-bond donors (Lipinski definition) is 3. The third kappa shape index (κ3) is 5.40. The van der Waals surface area contributed by atoms with Crippen LogP contribution in [0.4, 0.5) is 4.79 Å². The fourth-order valence-corrected chi connectivity index (χ4v) is 3.02. The number of aromatic hydroxyl groups is 2. The van der Waals surface area contributed by atoms with E-state index < -0.39 is 24.4 Å². The van der Waals surface area contributed by atoms with Gasteiger partial charge in [-0.05, 0) is 56.9 Å². The third-order valence-corrected chi connectivity index (χ3v) is 5.60. The van der Waals surface area contributed by atoms with Gasteiger partial charge in [-0.2, -0.15) is 0 Å². The Hall–Kier alpha value is -2.97. The van der Waals surface area contributed by atoms with E-state index in [1.807, 2.05) is 58.0 Å². The molecule has 0 bridgehead atoms. The molecule has 1 amide bonds. The lowest BCUT2D eigenvalue weighted by atomic mass is 9.77. The molecule has 0 radical (unpaired) electrons. The second kappa shape index (κ2) is 9.04. The van der Waals surface area contributed by atoms with Gasteiger partial charge in [0.15, 0.2) is 0 Å². The average Bonchev–Trinajstić information content (AvgIpc) is 2.93. The molecule has 0 spiro atoms. The fourth-order valence-electron chi connectivity index (χ4n) is 3.02. The first-order chi connectivity index (χ1) is 14.6. The Morgan fingerprint density at radius 1 is 1.00 bits per heavy atom. The molecule has 1 aliphatic rings. The van der Waals surface area contributed by atoms with E-state index in [0.717, 1.165) is 5.56 Å². The van der Waals surface area contributed by atoms with Crippen molar-refractivity contribution in [2.75, 3.05) is 6.54 Å². The second-order valence-corrected chi connectivity index (χ2v) is 8.43. The van der Waals surface area contributed by atoms with Gasteiger partial charge in [0, 0.05) is 6.54 Å². The van der Waals surface area contributed by atoms with Gasteiger partial charge in [-0.1, -0.05) is 36.4 Å². The monoisotopic (exact) mass is 425 g/mol. The molecule has 164 valence electrons. The zero-order chi connectivity index (χ0) is 22.6. The van der Waals surface area contributed by atoms with Crippen LogP contribution in [0, 0.1) is 0 Å². The third-order valence-electron chi connectivity index (χ3n) is 5.60. The van der Waals surface area contributed by atoms with E-state index in [9.17, 15) is 15.0 Å². The van der Waals surface area contributed by atoms with Crippen LogP contribution in [-0.2, 0) is 20.7 Å². The van der Waals surface area contributed by atoms with Gasteiger partial charge >= 0.3 is 13.2 Å². The van der Waals surface area contributed by atoms with E-state index in [2.05, 4.69) is 5.32 Å². The number of amides is 1.